The average molecular weight is 318 g/mol. The van der Waals surface area contributed by atoms with Crippen LogP contribution >= 0.6 is 24.0 Å². The van der Waals surface area contributed by atoms with E-state index in [1.54, 1.807) is 0 Å². The van der Waals surface area contributed by atoms with Crippen molar-refractivity contribution >= 4 is 24.0 Å². The Balaban J connectivity index is -0.0000000160. The molecule has 0 bridgehead atoms. The Labute approximate surface area is 85.0 Å². The molecule has 0 nitrogen and oxygen atoms in total. The van der Waals surface area contributed by atoms with Gasteiger partial charge in [-0.05, 0) is 0 Å². The Kier molecular flexibility index (Phi) is 139. The number of allylic oxidation sites excluding steroid dienone is 2. The van der Waals surface area contributed by atoms with Crippen molar-refractivity contribution in [3.8, 4) is 0 Å². The minimum absolute atomic E-state index is 0. The smallest absolute Gasteiger partial charge is 0 e. The molecule has 0 heterocycles. The molecule has 8 heavy (non-hydrogen) atoms. The molecule has 0 aliphatic carbocycles. The van der Waals surface area contributed by atoms with E-state index in [0.717, 1.165) is 0 Å². The first-order chi connectivity index (χ1) is 2.83. The molecule has 0 aliphatic rings. The van der Waals surface area contributed by atoms with Crippen molar-refractivity contribution in [2.75, 3.05) is 0 Å². The van der Waals surface area contributed by atoms with Gasteiger partial charge >= 0.3 is 0 Å². The third-order valence-electron chi connectivity index (χ3n) is 0. The first kappa shape index (κ1) is 23.4. The third-order valence-corrected chi connectivity index (χ3v) is 0. The van der Waals surface area contributed by atoms with Crippen molar-refractivity contribution in [1.82, 2.24) is 0 Å². The summed E-state index contributed by atoms with van der Waals surface area (Å²) in [6.07, 6.45) is 3.00. The molecular formula is C6H11AgI-2. The summed E-state index contributed by atoms with van der Waals surface area (Å²) in [4.78, 5) is 0. The van der Waals surface area contributed by atoms with Crippen LogP contribution in [0.5, 0.6) is 0 Å². The van der Waals surface area contributed by atoms with Crippen LogP contribution in [0.25, 0.3) is 0 Å². The zero-order valence-electron chi connectivity index (χ0n) is 4.69. The molecule has 0 unspecified atom stereocenters. The number of rotatable bonds is 0. The van der Waals surface area contributed by atoms with Gasteiger partial charge in [-0.3, -0.25) is 0 Å². The molecule has 0 aromatic carbocycles. The molecule has 0 aliphatic heterocycles. The van der Waals surface area contributed by atoms with Crippen LogP contribution in [0, 0.1) is 13.8 Å². The van der Waals surface area contributed by atoms with E-state index >= 15 is 0 Å². The average Bonchev–Trinajstić information content (AvgIpc) is 1.39. The first-order valence-corrected chi connectivity index (χ1v) is 1.63. The van der Waals surface area contributed by atoms with Gasteiger partial charge in [-0.15, -0.1) is 24.0 Å². The van der Waals surface area contributed by atoms with E-state index in [4.69, 9.17) is 0 Å². The molecule has 0 saturated heterocycles. The van der Waals surface area contributed by atoms with Gasteiger partial charge in [-0.1, -0.05) is 0 Å². The molecule has 1 radical (unpaired) electrons. The van der Waals surface area contributed by atoms with Gasteiger partial charge in [0.15, 0.2) is 0 Å². The van der Waals surface area contributed by atoms with E-state index in [9.17, 15) is 0 Å². The quantitative estimate of drug-likeness (QED) is 0.366. The summed E-state index contributed by atoms with van der Waals surface area (Å²) in [5.74, 6) is 0. The van der Waals surface area contributed by atoms with E-state index in [1.807, 2.05) is 0 Å². The van der Waals surface area contributed by atoms with Crippen LogP contribution in [0.1, 0.15) is 0 Å². The van der Waals surface area contributed by atoms with Crippen molar-refractivity contribution in [1.29, 1.82) is 0 Å². The van der Waals surface area contributed by atoms with Crippen molar-refractivity contribution < 1.29 is 22.4 Å². The zero-order valence-corrected chi connectivity index (χ0v) is 8.51. The van der Waals surface area contributed by atoms with Crippen LogP contribution in [-0.4, -0.2) is 0 Å². The molecule has 2 heteroatoms. The molecule has 0 N–H and O–H groups in total. The summed E-state index contributed by atoms with van der Waals surface area (Å²) in [5, 5.41) is 0. The van der Waals surface area contributed by atoms with Crippen LogP contribution in [0.2, 0.25) is 0 Å². The Morgan fingerprint density at radius 1 is 1.00 bits per heavy atom. The maximum Gasteiger partial charge on any atom is 0 e. The summed E-state index contributed by atoms with van der Waals surface area (Å²) in [6.45, 7) is 13.0. The predicted molar refractivity (Wildman–Crippen MR) is 46.5 cm³/mol. The second kappa shape index (κ2) is 47.6. The van der Waals surface area contributed by atoms with Gasteiger partial charge in [0.2, 0.25) is 0 Å². The second-order valence-corrected chi connectivity index (χ2v) is 0.577. The molecule has 0 fully saturated rings. The van der Waals surface area contributed by atoms with E-state index < -0.39 is 0 Å². The fourth-order valence-corrected chi connectivity index (χ4v) is 0. The van der Waals surface area contributed by atoms with Crippen molar-refractivity contribution in [2.24, 2.45) is 0 Å². The SMILES string of the molecule is C=C[CH2-].C=C[CH2-].I.[Ag]. The van der Waals surface area contributed by atoms with Crippen molar-refractivity contribution in [2.45, 2.75) is 0 Å². The van der Waals surface area contributed by atoms with Crippen LogP contribution in [0.3, 0.4) is 0 Å². The van der Waals surface area contributed by atoms with Gasteiger partial charge < -0.3 is 0 Å². The third kappa shape index (κ3) is 455. The zero-order chi connectivity index (χ0) is 5.41. The molecule has 0 aromatic heterocycles. The predicted octanol–water partition coefficient (Wildman–Crippen LogP) is 2.63. The van der Waals surface area contributed by atoms with E-state index in [1.165, 1.54) is 12.2 Å². The van der Waals surface area contributed by atoms with Gasteiger partial charge in [-0.2, -0.15) is 0 Å². The summed E-state index contributed by atoms with van der Waals surface area (Å²) in [7, 11) is 0. The summed E-state index contributed by atoms with van der Waals surface area (Å²) < 4.78 is 0. The maximum absolute atomic E-state index is 3.25. The number of hydrogen-bond acceptors (Lipinski definition) is 0. The van der Waals surface area contributed by atoms with Gasteiger partial charge in [0.1, 0.15) is 0 Å². The monoisotopic (exact) mass is 317 g/mol. The van der Waals surface area contributed by atoms with E-state index in [0.29, 0.717) is 0 Å². The molecule has 0 saturated carbocycles. The van der Waals surface area contributed by atoms with Crippen molar-refractivity contribution in [3.05, 3.63) is 39.2 Å². The minimum Gasteiger partial charge on any atom is -0.245 e. The largest absolute Gasteiger partial charge is 0.245 e. The van der Waals surface area contributed by atoms with Crippen LogP contribution in [0.15, 0.2) is 25.3 Å². The molecular weight excluding hydrogens is 307 g/mol. The fourth-order valence-electron chi connectivity index (χ4n) is 0. The van der Waals surface area contributed by atoms with Gasteiger partial charge in [-0.25, -0.2) is 39.2 Å². The molecule has 0 aromatic rings. The number of hydrogen-bond donors (Lipinski definition) is 0. The summed E-state index contributed by atoms with van der Waals surface area (Å²) >= 11 is 0. The van der Waals surface area contributed by atoms with E-state index in [2.05, 4.69) is 27.0 Å². The standard InChI is InChI=1S/2C3H5.Ag.HI/c2*1-3-2;;/h2*3H,1-2H2;;1H/q2*-1;;. The van der Waals surface area contributed by atoms with Gasteiger partial charge in [0.25, 0.3) is 0 Å². The summed E-state index contributed by atoms with van der Waals surface area (Å²) in [5.41, 5.74) is 0. The van der Waals surface area contributed by atoms with Crippen LogP contribution in [-0.2, 0) is 22.4 Å². The molecule has 0 atom stereocenters. The molecule has 0 amide bonds. The molecule has 55 valence electrons. The molecule has 0 spiro atoms. The Bertz CT molecular complexity index is 29.5. The van der Waals surface area contributed by atoms with Gasteiger partial charge in [0.05, 0.1) is 0 Å². The van der Waals surface area contributed by atoms with Crippen LogP contribution < -0.4 is 0 Å². The first-order valence-electron chi connectivity index (χ1n) is 1.63. The second-order valence-electron chi connectivity index (χ2n) is 0.577. The Morgan fingerprint density at radius 3 is 1.00 bits per heavy atom. The maximum atomic E-state index is 3.25. The van der Waals surface area contributed by atoms with Crippen molar-refractivity contribution in [3.63, 3.8) is 0 Å². The number of halogens is 1. The van der Waals surface area contributed by atoms with Gasteiger partial charge in [0, 0.05) is 22.4 Å². The summed E-state index contributed by atoms with van der Waals surface area (Å²) in [6, 6.07) is 0. The fraction of sp³-hybridized carbons (Fsp3) is 0. The van der Waals surface area contributed by atoms with E-state index in [-0.39, 0.29) is 46.4 Å². The topological polar surface area (TPSA) is 0 Å². The minimum atomic E-state index is 0. The van der Waals surface area contributed by atoms with Crippen LogP contribution in [0.4, 0.5) is 0 Å². The molecule has 0 rings (SSSR count). The normalized spacial score (nSPS) is 3.00. The Morgan fingerprint density at radius 2 is 1.00 bits per heavy atom. The Hall–Kier alpha value is 0.690.